The maximum absolute atomic E-state index is 13.9. The number of rotatable bonds is 1. The van der Waals surface area contributed by atoms with E-state index in [2.05, 4.69) is 4.98 Å². The van der Waals surface area contributed by atoms with Gasteiger partial charge < -0.3 is 4.74 Å². The van der Waals surface area contributed by atoms with Crippen LogP contribution in [0.1, 0.15) is 0 Å². The number of halogens is 1. The van der Waals surface area contributed by atoms with Gasteiger partial charge in [-0.2, -0.15) is 4.39 Å². The van der Waals surface area contributed by atoms with E-state index >= 15 is 0 Å². The van der Waals surface area contributed by atoms with Crippen LogP contribution in [0.15, 0.2) is 42.5 Å². The summed E-state index contributed by atoms with van der Waals surface area (Å²) in [5, 5.41) is 2.29. The Morgan fingerprint density at radius 3 is 2.41 bits per heavy atom. The van der Waals surface area contributed by atoms with E-state index in [4.69, 9.17) is 4.74 Å². The standard InChI is InChI=1S/C14H10FNO/c1-17-12-8-4-7-10-9-5-2-3-6-11(9)14(15)16-13(10)12/h2-8H,1H3. The molecule has 0 saturated heterocycles. The zero-order chi connectivity index (χ0) is 11.8. The quantitative estimate of drug-likeness (QED) is 0.468. The highest BCUT2D eigenvalue weighted by molar-refractivity contribution is 6.07. The van der Waals surface area contributed by atoms with Gasteiger partial charge in [-0.15, -0.1) is 0 Å². The Morgan fingerprint density at radius 2 is 1.65 bits per heavy atom. The predicted molar refractivity (Wildman–Crippen MR) is 65.8 cm³/mol. The van der Waals surface area contributed by atoms with E-state index in [1.54, 1.807) is 25.3 Å². The first-order valence-electron chi connectivity index (χ1n) is 5.32. The average molecular weight is 227 g/mol. The van der Waals surface area contributed by atoms with Crippen molar-refractivity contribution in [1.82, 2.24) is 4.98 Å². The molecule has 17 heavy (non-hydrogen) atoms. The smallest absolute Gasteiger partial charge is 0.221 e. The number of aromatic nitrogens is 1. The monoisotopic (exact) mass is 227 g/mol. The van der Waals surface area contributed by atoms with Gasteiger partial charge in [0.05, 0.1) is 7.11 Å². The van der Waals surface area contributed by atoms with Gasteiger partial charge in [0, 0.05) is 10.8 Å². The molecule has 3 rings (SSSR count). The zero-order valence-corrected chi connectivity index (χ0v) is 9.27. The minimum absolute atomic E-state index is 0.461. The molecule has 84 valence electrons. The maximum atomic E-state index is 13.9. The molecule has 0 amide bonds. The van der Waals surface area contributed by atoms with Crippen LogP contribution in [0.5, 0.6) is 5.75 Å². The van der Waals surface area contributed by atoms with Crippen molar-refractivity contribution < 1.29 is 9.13 Å². The Labute approximate surface area is 97.7 Å². The largest absolute Gasteiger partial charge is 0.494 e. The van der Waals surface area contributed by atoms with Gasteiger partial charge in [0.2, 0.25) is 5.95 Å². The SMILES string of the molecule is COc1cccc2c1nc(F)c1ccccc12. The van der Waals surface area contributed by atoms with Crippen LogP contribution in [-0.4, -0.2) is 12.1 Å². The maximum Gasteiger partial charge on any atom is 0.221 e. The van der Waals surface area contributed by atoms with E-state index in [1.807, 2.05) is 24.3 Å². The van der Waals surface area contributed by atoms with Crippen molar-refractivity contribution in [2.75, 3.05) is 7.11 Å². The number of fused-ring (bicyclic) bond motifs is 3. The fraction of sp³-hybridized carbons (Fsp3) is 0.0714. The Balaban J connectivity index is 2.57. The molecule has 0 atom stereocenters. The van der Waals surface area contributed by atoms with Crippen molar-refractivity contribution >= 4 is 21.7 Å². The van der Waals surface area contributed by atoms with Gasteiger partial charge in [0.15, 0.2) is 0 Å². The minimum Gasteiger partial charge on any atom is -0.494 e. The first-order chi connectivity index (χ1) is 8.31. The van der Waals surface area contributed by atoms with Crippen LogP contribution in [0.25, 0.3) is 21.7 Å². The Kier molecular flexibility index (Phi) is 2.18. The number of ether oxygens (including phenoxy) is 1. The molecular weight excluding hydrogens is 217 g/mol. The predicted octanol–water partition coefficient (Wildman–Crippen LogP) is 3.54. The first-order valence-corrected chi connectivity index (χ1v) is 5.32. The van der Waals surface area contributed by atoms with Gasteiger partial charge in [-0.05, 0) is 17.5 Å². The molecule has 0 radical (unpaired) electrons. The van der Waals surface area contributed by atoms with Crippen molar-refractivity contribution in [2.24, 2.45) is 0 Å². The van der Waals surface area contributed by atoms with Crippen LogP contribution < -0.4 is 4.74 Å². The number of pyridine rings is 1. The Hall–Kier alpha value is -2.16. The number of nitrogens with zero attached hydrogens (tertiary/aromatic N) is 1. The summed E-state index contributed by atoms with van der Waals surface area (Å²) in [6, 6.07) is 12.9. The molecule has 0 N–H and O–H groups in total. The number of hydrogen-bond donors (Lipinski definition) is 0. The van der Waals surface area contributed by atoms with Gasteiger partial charge in [-0.3, -0.25) is 0 Å². The van der Waals surface area contributed by atoms with Crippen LogP contribution >= 0.6 is 0 Å². The lowest BCUT2D eigenvalue weighted by Crippen LogP contribution is -1.92. The van der Waals surface area contributed by atoms with E-state index in [0.717, 1.165) is 10.8 Å². The molecular formula is C14H10FNO. The number of hydrogen-bond acceptors (Lipinski definition) is 2. The van der Waals surface area contributed by atoms with Crippen LogP contribution in [0.4, 0.5) is 4.39 Å². The summed E-state index contributed by atoms with van der Waals surface area (Å²) in [5.74, 6) is 0.129. The molecule has 1 aromatic heterocycles. The molecule has 0 aliphatic carbocycles. The third-order valence-electron chi connectivity index (χ3n) is 2.87. The third-order valence-corrected chi connectivity index (χ3v) is 2.87. The van der Waals surface area contributed by atoms with Crippen LogP contribution in [-0.2, 0) is 0 Å². The van der Waals surface area contributed by atoms with E-state index in [0.29, 0.717) is 16.7 Å². The van der Waals surface area contributed by atoms with Crippen LogP contribution in [0, 0.1) is 5.95 Å². The Bertz CT molecular complexity index is 709. The first kappa shape index (κ1) is 10.0. The summed E-state index contributed by atoms with van der Waals surface area (Å²) in [7, 11) is 1.56. The lowest BCUT2D eigenvalue weighted by Gasteiger charge is -2.07. The van der Waals surface area contributed by atoms with Crippen LogP contribution in [0.3, 0.4) is 0 Å². The molecule has 0 aliphatic rings. The van der Waals surface area contributed by atoms with Gasteiger partial charge in [0.1, 0.15) is 11.3 Å². The molecule has 0 saturated carbocycles. The molecule has 3 heteroatoms. The topological polar surface area (TPSA) is 22.1 Å². The molecule has 2 aromatic carbocycles. The molecule has 0 fully saturated rings. The number of benzene rings is 2. The van der Waals surface area contributed by atoms with Crippen LogP contribution in [0.2, 0.25) is 0 Å². The van der Waals surface area contributed by atoms with Gasteiger partial charge >= 0.3 is 0 Å². The molecule has 3 aromatic rings. The second-order valence-corrected chi connectivity index (χ2v) is 3.80. The molecule has 0 aliphatic heterocycles. The summed E-state index contributed by atoms with van der Waals surface area (Å²) in [6.07, 6.45) is 0. The highest BCUT2D eigenvalue weighted by Gasteiger charge is 2.10. The highest BCUT2D eigenvalue weighted by Crippen LogP contribution is 2.30. The average Bonchev–Trinajstić information content (AvgIpc) is 2.39. The summed E-state index contributed by atoms with van der Waals surface area (Å²) in [6.45, 7) is 0. The van der Waals surface area contributed by atoms with Crippen molar-refractivity contribution in [3.8, 4) is 5.75 Å². The van der Waals surface area contributed by atoms with Crippen molar-refractivity contribution in [1.29, 1.82) is 0 Å². The second-order valence-electron chi connectivity index (χ2n) is 3.80. The summed E-state index contributed by atoms with van der Waals surface area (Å²) in [4.78, 5) is 3.98. The lowest BCUT2D eigenvalue weighted by molar-refractivity contribution is 0.418. The normalized spacial score (nSPS) is 10.9. The van der Waals surface area contributed by atoms with E-state index in [1.165, 1.54) is 0 Å². The van der Waals surface area contributed by atoms with Gasteiger partial charge in [-0.25, -0.2) is 4.98 Å². The highest BCUT2D eigenvalue weighted by atomic mass is 19.1. The second kappa shape index (κ2) is 3.70. The summed E-state index contributed by atoms with van der Waals surface area (Å²) in [5.41, 5.74) is 0.561. The summed E-state index contributed by atoms with van der Waals surface area (Å²) < 4.78 is 19.1. The Morgan fingerprint density at radius 1 is 0.941 bits per heavy atom. The molecule has 0 unspecified atom stereocenters. The minimum atomic E-state index is -0.461. The molecule has 0 bridgehead atoms. The zero-order valence-electron chi connectivity index (χ0n) is 9.27. The molecule has 2 nitrogen and oxygen atoms in total. The molecule has 1 heterocycles. The number of para-hydroxylation sites is 1. The summed E-state index contributed by atoms with van der Waals surface area (Å²) >= 11 is 0. The fourth-order valence-electron chi connectivity index (χ4n) is 2.08. The third kappa shape index (κ3) is 1.43. The van der Waals surface area contributed by atoms with Gasteiger partial charge in [0.25, 0.3) is 0 Å². The van der Waals surface area contributed by atoms with E-state index < -0.39 is 5.95 Å². The number of methoxy groups -OCH3 is 1. The van der Waals surface area contributed by atoms with Crippen molar-refractivity contribution in [2.45, 2.75) is 0 Å². The van der Waals surface area contributed by atoms with E-state index in [-0.39, 0.29) is 0 Å². The van der Waals surface area contributed by atoms with Crippen molar-refractivity contribution in [3.63, 3.8) is 0 Å². The molecule has 0 spiro atoms. The van der Waals surface area contributed by atoms with Crippen molar-refractivity contribution in [3.05, 3.63) is 48.4 Å². The van der Waals surface area contributed by atoms with E-state index in [9.17, 15) is 4.39 Å². The fourth-order valence-corrected chi connectivity index (χ4v) is 2.08. The lowest BCUT2D eigenvalue weighted by atomic mass is 10.1. The van der Waals surface area contributed by atoms with Gasteiger partial charge in [-0.1, -0.05) is 30.3 Å².